The Morgan fingerprint density at radius 3 is 2.53 bits per heavy atom. The van der Waals surface area contributed by atoms with Gasteiger partial charge in [-0.1, -0.05) is 13.8 Å². The maximum atomic E-state index is 9.87. The van der Waals surface area contributed by atoms with Gasteiger partial charge in [-0.3, -0.25) is 0 Å². The molecule has 1 rings (SSSR count). The highest BCUT2D eigenvalue weighted by Crippen LogP contribution is 2.11. The van der Waals surface area contributed by atoms with Gasteiger partial charge in [-0.25, -0.2) is 0 Å². The molecule has 1 aliphatic heterocycles. The smallest absolute Gasteiger partial charge is 0.0900 e. The summed E-state index contributed by atoms with van der Waals surface area (Å²) >= 11 is 0. The summed E-state index contributed by atoms with van der Waals surface area (Å²) in [6.45, 7) is 8.06. The molecule has 1 aliphatic rings. The molecule has 0 aromatic rings. The average Bonchev–Trinajstić information content (AvgIpc) is 2.26. The largest absolute Gasteiger partial charge is 0.389 e. The van der Waals surface area contributed by atoms with Crippen LogP contribution in [0.1, 0.15) is 26.7 Å². The minimum atomic E-state index is -0.387. The van der Waals surface area contributed by atoms with Gasteiger partial charge < -0.3 is 19.5 Å². The van der Waals surface area contributed by atoms with Crippen molar-refractivity contribution < 1.29 is 14.6 Å². The second kappa shape index (κ2) is 8.03. The Kier molecular flexibility index (Phi) is 7.04. The zero-order valence-electron chi connectivity index (χ0n) is 11.4. The highest BCUT2D eigenvalue weighted by molar-refractivity contribution is 4.66. The van der Waals surface area contributed by atoms with Crippen molar-refractivity contribution >= 4 is 0 Å². The number of aliphatic hydroxyl groups excluding tert-OH is 1. The summed E-state index contributed by atoms with van der Waals surface area (Å²) in [6.07, 6.45) is 1.79. The third-order valence-electron chi connectivity index (χ3n) is 2.89. The Hall–Kier alpha value is -0.160. The first-order valence-electron chi connectivity index (χ1n) is 6.64. The van der Waals surface area contributed by atoms with Crippen molar-refractivity contribution in [3.8, 4) is 0 Å². The van der Waals surface area contributed by atoms with Crippen LogP contribution in [0.3, 0.4) is 0 Å². The fourth-order valence-electron chi connectivity index (χ4n) is 2.20. The normalized spacial score (nSPS) is 20.1. The number of rotatable bonds is 7. The van der Waals surface area contributed by atoms with E-state index in [1.54, 1.807) is 0 Å². The molecule has 0 radical (unpaired) electrons. The molecule has 1 unspecified atom stereocenters. The first kappa shape index (κ1) is 14.9. The Balaban J connectivity index is 2.09. The SMILES string of the molecule is CC(C)CN(C)CC(O)COC1CCOCC1. The van der Waals surface area contributed by atoms with Crippen molar-refractivity contribution in [3.63, 3.8) is 0 Å². The number of aliphatic hydroxyl groups is 1. The van der Waals surface area contributed by atoms with Gasteiger partial charge in [0.1, 0.15) is 0 Å². The Bertz CT molecular complexity index is 193. The van der Waals surface area contributed by atoms with E-state index in [1.807, 2.05) is 7.05 Å². The van der Waals surface area contributed by atoms with Gasteiger partial charge in [0.25, 0.3) is 0 Å². The van der Waals surface area contributed by atoms with E-state index in [0.29, 0.717) is 19.1 Å². The van der Waals surface area contributed by atoms with Crippen molar-refractivity contribution in [3.05, 3.63) is 0 Å². The predicted octanol–water partition coefficient (Wildman–Crippen LogP) is 1.13. The van der Waals surface area contributed by atoms with Gasteiger partial charge in [-0.15, -0.1) is 0 Å². The molecule has 0 bridgehead atoms. The van der Waals surface area contributed by atoms with E-state index in [4.69, 9.17) is 9.47 Å². The molecule has 0 amide bonds. The molecule has 1 fully saturated rings. The van der Waals surface area contributed by atoms with Crippen LogP contribution in [0.25, 0.3) is 0 Å². The number of nitrogens with zero attached hydrogens (tertiary/aromatic N) is 1. The van der Waals surface area contributed by atoms with Crippen molar-refractivity contribution in [1.29, 1.82) is 0 Å². The molecule has 0 spiro atoms. The third-order valence-corrected chi connectivity index (χ3v) is 2.89. The zero-order chi connectivity index (χ0) is 12.7. The van der Waals surface area contributed by atoms with Crippen molar-refractivity contribution in [2.45, 2.75) is 38.9 Å². The molecule has 4 heteroatoms. The van der Waals surface area contributed by atoms with Crippen LogP contribution in [0.15, 0.2) is 0 Å². The highest BCUT2D eigenvalue weighted by Gasteiger charge is 2.16. The first-order chi connectivity index (χ1) is 8.08. The van der Waals surface area contributed by atoms with Crippen LogP contribution in [-0.4, -0.2) is 62.2 Å². The summed E-state index contributed by atoms with van der Waals surface area (Å²) in [5.41, 5.74) is 0. The molecule has 0 aliphatic carbocycles. The number of hydrogen-bond acceptors (Lipinski definition) is 4. The van der Waals surface area contributed by atoms with Gasteiger partial charge in [0.05, 0.1) is 18.8 Å². The van der Waals surface area contributed by atoms with Crippen LogP contribution in [0, 0.1) is 5.92 Å². The zero-order valence-corrected chi connectivity index (χ0v) is 11.4. The average molecular weight is 245 g/mol. The van der Waals surface area contributed by atoms with Gasteiger partial charge in [-0.05, 0) is 25.8 Å². The standard InChI is InChI=1S/C13H27NO3/c1-11(2)8-14(3)9-12(15)10-17-13-4-6-16-7-5-13/h11-13,15H,4-10H2,1-3H3. The van der Waals surface area contributed by atoms with Crippen molar-refractivity contribution in [1.82, 2.24) is 4.90 Å². The lowest BCUT2D eigenvalue weighted by atomic mass is 10.1. The number of ether oxygens (including phenoxy) is 2. The van der Waals surface area contributed by atoms with Gasteiger partial charge in [0, 0.05) is 26.3 Å². The van der Waals surface area contributed by atoms with Crippen LogP contribution in [0.4, 0.5) is 0 Å². The molecule has 102 valence electrons. The van der Waals surface area contributed by atoms with Crippen LogP contribution in [0.2, 0.25) is 0 Å². The molecular formula is C13H27NO3. The molecule has 0 saturated carbocycles. The Morgan fingerprint density at radius 1 is 1.29 bits per heavy atom. The maximum absolute atomic E-state index is 9.87. The number of likely N-dealkylation sites (N-methyl/N-ethyl adjacent to an activating group) is 1. The molecule has 4 nitrogen and oxygen atoms in total. The Morgan fingerprint density at radius 2 is 1.94 bits per heavy atom. The second-order valence-electron chi connectivity index (χ2n) is 5.41. The molecule has 1 saturated heterocycles. The van der Waals surface area contributed by atoms with Crippen molar-refractivity contribution in [2.75, 3.05) is 40.0 Å². The van der Waals surface area contributed by atoms with Crippen LogP contribution < -0.4 is 0 Å². The van der Waals surface area contributed by atoms with E-state index >= 15 is 0 Å². The Labute approximate surface area is 105 Å². The van der Waals surface area contributed by atoms with Gasteiger partial charge in [-0.2, -0.15) is 0 Å². The number of hydrogen-bond donors (Lipinski definition) is 1. The molecule has 17 heavy (non-hydrogen) atoms. The molecule has 1 atom stereocenters. The monoisotopic (exact) mass is 245 g/mol. The first-order valence-corrected chi connectivity index (χ1v) is 6.64. The summed E-state index contributed by atoms with van der Waals surface area (Å²) < 4.78 is 11.0. The minimum Gasteiger partial charge on any atom is -0.389 e. The quantitative estimate of drug-likeness (QED) is 0.730. The van der Waals surface area contributed by atoms with E-state index in [1.165, 1.54) is 0 Å². The molecule has 0 aromatic heterocycles. The predicted molar refractivity (Wildman–Crippen MR) is 68.1 cm³/mol. The molecule has 1 heterocycles. The van der Waals surface area contributed by atoms with Crippen LogP contribution >= 0.6 is 0 Å². The van der Waals surface area contributed by atoms with Crippen LogP contribution in [0.5, 0.6) is 0 Å². The summed E-state index contributed by atoms with van der Waals surface area (Å²) in [4.78, 5) is 2.16. The lowest BCUT2D eigenvalue weighted by molar-refractivity contribution is -0.0634. The fourth-order valence-corrected chi connectivity index (χ4v) is 2.20. The van der Waals surface area contributed by atoms with E-state index in [-0.39, 0.29) is 12.2 Å². The molecule has 1 N–H and O–H groups in total. The van der Waals surface area contributed by atoms with E-state index in [9.17, 15) is 5.11 Å². The molecule has 0 aromatic carbocycles. The minimum absolute atomic E-state index is 0.272. The van der Waals surface area contributed by atoms with E-state index < -0.39 is 0 Å². The van der Waals surface area contributed by atoms with Gasteiger partial charge >= 0.3 is 0 Å². The fraction of sp³-hybridized carbons (Fsp3) is 1.00. The van der Waals surface area contributed by atoms with Crippen molar-refractivity contribution in [2.24, 2.45) is 5.92 Å². The summed E-state index contributed by atoms with van der Waals surface area (Å²) in [5.74, 6) is 0.628. The summed E-state index contributed by atoms with van der Waals surface area (Å²) in [7, 11) is 2.04. The second-order valence-corrected chi connectivity index (χ2v) is 5.41. The van der Waals surface area contributed by atoms with E-state index in [0.717, 1.165) is 32.6 Å². The highest BCUT2D eigenvalue weighted by atomic mass is 16.5. The lowest BCUT2D eigenvalue weighted by Gasteiger charge is -2.26. The van der Waals surface area contributed by atoms with Crippen LogP contribution in [-0.2, 0) is 9.47 Å². The third kappa shape index (κ3) is 6.99. The topological polar surface area (TPSA) is 41.9 Å². The summed E-state index contributed by atoms with van der Waals surface area (Å²) in [5, 5.41) is 9.87. The van der Waals surface area contributed by atoms with Gasteiger partial charge in [0.15, 0.2) is 0 Å². The molecular weight excluding hydrogens is 218 g/mol. The summed E-state index contributed by atoms with van der Waals surface area (Å²) in [6, 6.07) is 0. The lowest BCUT2D eigenvalue weighted by Crippen LogP contribution is -2.36. The van der Waals surface area contributed by atoms with E-state index in [2.05, 4.69) is 18.7 Å². The maximum Gasteiger partial charge on any atom is 0.0900 e. The van der Waals surface area contributed by atoms with Gasteiger partial charge in [0.2, 0.25) is 0 Å².